The van der Waals surface area contributed by atoms with E-state index in [2.05, 4.69) is 26.3 Å². The van der Waals surface area contributed by atoms with Crippen LogP contribution >= 0.6 is 15.9 Å². The van der Waals surface area contributed by atoms with Gasteiger partial charge in [0, 0.05) is 16.3 Å². The minimum Gasteiger partial charge on any atom is -0.271 e. The molecule has 9 nitrogen and oxygen atoms in total. The van der Waals surface area contributed by atoms with Crippen molar-refractivity contribution < 1.29 is 14.4 Å². The van der Waals surface area contributed by atoms with Gasteiger partial charge in [0.2, 0.25) is 0 Å². The van der Waals surface area contributed by atoms with Crippen LogP contribution in [-0.4, -0.2) is 52.1 Å². The predicted molar refractivity (Wildman–Crippen MR) is 157 cm³/mol. The van der Waals surface area contributed by atoms with Gasteiger partial charge in [-0.15, -0.1) is 0 Å². The highest BCUT2D eigenvalue weighted by molar-refractivity contribution is 9.10. The first-order valence-corrected chi connectivity index (χ1v) is 14.0. The largest absolute Gasteiger partial charge is 0.271 e. The first kappa shape index (κ1) is 25.3. The van der Waals surface area contributed by atoms with E-state index in [1.807, 2.05) is 91.0 Å². The summed E-state index contributed by atoms with van der Waals surface area (Å²) in [4.78, 5) is 42.0. The van der Waals surface area contributed by atoms with Crippen LogP contribution in [0.25, 0.3) is 10.8 Å². The highest BCUT2D eigenvalue weighted by atomic mass is 79.9. The van der Waals surface area contributed by atoms with E-state index in [-0.39, 0.29) is 18.5 Å². The normalized spacial score (nSPS) is 21.6. The van der Waals surface area contributed by atoms with Crippen LogP contribution in [0.3, 0.4) is 0 Å². The van der Waals surface area contributed by atoms with Gasteiger partial charge >= 0.3 is 0 Å². The van der Waals surface area contributed by atoms with E-state index in [9.17, 15) is 14.4 Å². The number of rotatable bonds is 5. The van der Waals surface area contributed by atoms with Crippen LogP contribution < -0.4 is 4.90 Å². The first-order valence-electron chi connectivity index (χ1n) is 13.2. The molecule has 3 aliphatic heterocycles. The van der Waals surface area contributed by atoms with E-state index in [1.165, 1.54) is 14.9 Å². The van der Waals surface area contributed by atoms with Gasteiger partial charge in [0.15, 0.2) is 12.1 Å². The quantitative estimate of drug-likeness (QED) is 0.289. The SMILES string of the molecule is O=C1[C@H]2N=NN(CC(=O)N3N=C(c4ccc(Br)cc4)C[C@@H]3c3ccccc3)[C@@H]2C(=O)N1c1cccc2ccccc12. The summed E-state index contributed by atoms with van der Waals surface area (Å²) >= 11 is 3.46. The Morgan fingerprint density at radius 1 is 0.854 bits per heavy atom. The van der Waals surface area contributed by atoms with Gasteiger partial charge in [-0.2, -0.15) is 10.2 Å². The highest BCUT2D eigenvalue weighted by Crippen LogP contribution is 2.37. The van der Waals surface area contributed by atoms with Crippen LogP contribution in [0, 0.1) is 0 Å². The average Bonchev–Trinajstić information content (AvgIpc) is 3.69. The Labute approximate surface area is 243 Å². The summed E-state index contributed by atoms with van der Waals surface area (Å²) in [5.74, 6) is -1.24. The smallest absolute Gasteiger partial charge is 0.264 e. The molecule has 0 N–H and O–H groups in total. The van der Waals surface area contributed by atoms with Gasteiger partial charge in [-0.05, 0) is 34.7 Å². The molecule has 0 bridgehead atoms. The summed E-state index contributed by atoms with van der Waals surface area (Å²) in [5.41, 5.74) is 3.16. The number of anilines is 1. The number of hydrazone groups is 1. The molecule has 41 heavy (non-hydrogen) atoms. The maximum atomic E-state index is 13.8. The topological polar surface area (TPSA) is 98.0 Å². The maximum absolute atomic E-state index is 13.8. The lowest BCUT2D eigenvalue weighted by molar-refractivity contribution is -0.135. The third-order valence-corrected chi connectivity index (χ3v) is 8.22. The molecule has 0 unspecified atom stereocenters. The van der Waals surface area contributed by atoms with Crippen LogP contribution in [0.1, 0.15) is 23.6 Å². The molecule has 7 rings (SSSR count). The minimum absolute atomic E-state index is 0.243. The Morgan fingerprint density at radius 3 is 2.39 bits per heavy atom. The minimum atomic E-state index is -1.00. The summed E-state index contributed by atoms with van der Waals surface area (Å²) in [6.45, 7) is -0.243. The van der Waals surface area contributed by atoms with Crippen molar-refractivity contribution in [1.82, 2.24) is 10.0 Å². The number of benzene rings is 4. The van der Waals surface area contributed by atoms with Crippen molar-refractivity contribution in [1.29, 1.82) is 0 Å². The molecule has 0 aromatic heterocycles. The highest BCUT2D eigenvalue weighted by Gasteiger charge is 2.55. The molecule has 0 radical (unpaired) electrons. The van der Waals surface area contributed by atoms with Crippen molar-refractivity contribution in [2.75, 3.05) is 11.4 Å². The second kappa shape index (κ2) is 10.0. The molecule has 3 heterocycles. The lowest BCUT2D eigenvalue weighted by atomic mass is 9.98. The van der Waals surface area contributed by atoms with Crippen molar-refractivity contribution in [3.05, 3.63) is 113 Å². The Bertz CT molecular complexity index is 1750. The number of carbonyl (C=O) groups is 3. The summed E-state index contributed by atoms with van der Waals surface area (Å²) in [6, 6.07) is 28.3. The monoisotopic (exact) mass is 606 g/mol. The molecule has 0 spiro atoms. The number of hydrogen-bond donors (Lipinski definition) is 0. The Hall–Kier alpha value is -4.70. The number of carbonyl (C=O) groups excluding carboxylic acids is 3. The molecular formula is C31H23BrN6O3. The fourth-order valence-electron chi connectivity index (χ4n) is 5.70. The summed E-state index contributed by atoms with van der Waals surface area (Å²) < 4.78 is 0.953. The van der Waals surface area contributed by atoms with Crippen molar-refractivity contribution in [2.24, 2.45) is 15.4 Å². The third-order valence-electron chi connectivity index (χ3n) is 7.69. The molecule has 3 aliphatic rings. The van der Waals surface area contributed by atoms with E-state index in [0.717, 1.165) is 32.1 Å². The number of amides is 3. The summed E-state index contributed by atoms with van der Waals surface area (Å²) in [7, 11) is 0. The lowest BCUT2D eigenvalue weighted by Crippen LogP contribution is -2.44. The lowest BCUT2D eigenvalue weighted by Gasteiger charge is -2.25. The van der Waals surface area contributed by atoms with Crippen LogP contribution in [0.15, 0.2) is 117 Å². The van der Waals surface area contributed by atoms with Crippen LogP contribution in [0.4, 0.5) is 5.69 Å². The van der Waals surface area contributed by atoms with Crippen LogP contribution in [0.5, 0.6) is 0 Å². The van der Waals surface area contributed by atoms with Gasteiger partial charge in [-0.1, -0.05) is 100 Å². The maximum Gasteiger partial charge on any atom is 0.264 e. The molecule has 10 heteroatoms. The second-order valence-electron chi connectivity index (χ2n) is 10.1. The van der Waals surface area contributed by atoms with Gasteiger partial charge in [0.1, 0.15) is 6.54 Å². The zero-order valence-electron chi connectivity index (χ0n) is 21.7. The zero-order valence-corrected chi connectivity index (χ0v) is 23.3. The number of halogens is 1. The number of imide groups is 1. The van der Waals surface area contributed by atoms with Crippen molar-refractivity contribution >= 4 is 55.8 Å². The van der Waals surface area contributed by atoms with E-state index in [0.29, 0.717) is 12.1 Å². The van der Waals surface area contributed by atoms with Crippen LogP contribution in [0.2, 0.25) is 0 Å². The second-order valence-corrected chi connectivity index (χ2v) is 11.0. The van der Waals surface area contributed by atoms with Crippen molar-refractivity contribution in [3.63, 3.8) is 0 Å². The first-order chi connectivity index (χ1) is 20.0. The average molecular weight is 607 g/mol. The summed E-state index contributed by atoms with van der Waals surface area (Å²) in [5, 5.41) is 17.4. The molecule has 1 saturated heterocycles. The fraction of sp³-hybridized carbons (Fsp3) is 0.161. The summed E-state index contributed by atoms with van der Waals surface area (Å²) in [6.07, 6.45) is 0.539. The molecule has 1 fully saturated rings. The molecule has 0 saturated carbocycles. The Morgan fingerprint density at radius 2 is 1.59 bits per heavy atom. The Balaban J connectivity index is 1.16. The number of nitrogens with zero attached hydrogens (tertiary/aromatic N) is 6. The molecule has 3 atom stereocenters. The fourth-order valence-corrected chi connectivity index (χ4v) is 5.96. The molecular weight excluding hydrogens is 584 g/mol. The zero-order chi connectivity index (χ0) is 28.1. The van der Waals surface area contributed by atoms with E-state index in [1.54, 1.807) is 6.07 Å². The van der Waals surface area contributed by atoms with Crippen molar-refractivity contribution in [3.8, 4) is 0 Å². The van der Waals surface area contributed by atoms with Gasteiger partial charge < -0.3 is 0 Å². The van der Waals surface area contributed by atoms with E-state index in [4.69, 9.17) is 5.10 Å². The van der Waals surface area contributed by atoms with Gasteiger partial charge in [-0.3, -0.25) is 19.4 Å². The van der Waals surface area contributed by atoms with E-state index < -0.39 is 23.9 Å². The van der Waals surface area contributed by atoms with Gasteiger partial charge in [0.25, 0.3) is 17.7 Å². The number of hydrogen-bond acceptors (Lipinski definition) is 7. The molecule has 202 valence electrons. The molecule has 4 aromatic rings. The van der Waals surface area contributed by atoms with Crippen molar-refractivity contribution in [2.45, 2.75) is 24.5 Å². The third kappa shape index (κ3) is 4.31. The number of fused-ring (bicyclic) bond motifs is 2. The van der Waals surface area contributed by atoms with Gasteiger partial charge in [0.05, 0.1) is 17.4 Å². The molecule has 0 aliphatic carbocycles. The van der Waals surface area contributed by atoms with E-state index >= 15 is 0 Å². The molecule has 4 aromatic carbocycles. The Kier molecular flexibility index (Phi) is 6.19. The van der Waals surface area contributed by atoms with Crippen LogP contribution in [-0.2, 0) is 14.4 Å². The standard InChI is InChI=1S/C31H23BrN6O3/c32-22-15-13-20(14-16-22)24-17-26(21-8-2-1-3-9-21)38(34-24)27(39)18-36-29-28(33-35-36)30(40)37(31(29)41)25-12-6-10-19-7-4-5-11-23(19)25/h1-16,26,28-29H,17-18H2/t26-,28+,29+/m1/s1. The molecule has 3 amide bonds. The predicted octanol–water partition coefficient (Wildman–Crippen LogP) is 5.27. The van der Waals surface area contributed by atoms with Gasteiger partial charge in [-0.25, -0.2) is 9.91 Å².